The van der Waals surface area contributed by atoms with Gasteiger partial charge in [-0.1, -0.05) is 0 Å². The van der Waals surface area contributed by atoms with E-state index in [4.69, 9.17) is 4.74 Å². The first kappa shape index (κ1) is 11.6. The molecular formula is C10H16N6O. The van der Waals surface area contributed by atoms with Crippen molar-refractivity contribution in [2.45, 2.75) is 6.92 Å². The van der Waals surface area contributed by atoms with E-state index >= 15 is 0 Å². The number of hydrogen-bond acceptors (Lipinski definition) is 6. The minimum absolute atomic E-state index is 0.545. The van der Waals surface area contributed by atoms with Crippen LogP contribution in [0.25, 0.3) is 11.2 Å². The van der Waals surface area contributed by atoms with E-state index in [9.17, 15) is 0 Å². The average Bonchev–Trinajstić information content (AvgIpc) is 2.82. The Morgan fingerprint density at radius 1 is 1.41 bits per heavy atom. The number of imidazole rings is 1. The molecule has 2 aromatic rings. The van der Waals surface area contributed by atoms with Gasteiger partial charge in [-0.3, -0.25) is 0 Å². The lowest BCUT2D eigenvalue weighted by molar-refractivity contribution is 0.158. The molecule has 0 aliphatic heterocycles. The molecule has 92 valence electrons. The first-order chi connectivity index (χ1) is 8.35. The van der Waals surface area contributed by atoms with Crippen LogP contribution in [0.2, 0.25) is 0 Å². The van der Waals surface area contributed by atoms with Crippen molar-refractivity contribution in [2.24, 2.45) is 0 Å². The van der Waals surface area contributed by atoms with Gasteiger partial charge in [0.1, 0.15) is 5.52 Å². The highest BCUT2D eigenvalue weighted by Crippen LogP contribution is 2.17. The largest absolute Gasteiger partial charge is 0.380 e. The third-order valence-corrected chi connectivity index (χ3v) is 2.25. The van der Waals surface area contributed by atoms with Crippen molar-refractivity contribution in [3.63, 3.8) is 0 Å². The topological polar surface area (TPSA) is 87.8 Å². The maximum Gasteiger partial charge on any atom is 0.226 e. The molecule has 0 aromatic carbocycles. The summed E-state index contributed by atoms with van der Waals surface area (Å²) in [6.07, 6.45) is 1.60. The van der Waals surface area contributed by atoms with E-state index < -0.39 is 0 Å². The SMILES string of the molecule is CCOCCNc1nc(NC)nc2nc[nH]c12. The fourth-order valence-electron chi connectivity index (χ4n) is 1.46. The molecule has 2 heterocycles. The van der Waals surface area contributed by atoms with Gasteiger partial charge in [-0.2, -0.15) is 9.97 Å². The summed E-state index contributed by atoms with van der Waals surface area (Å²) >= 11 is 0. The van der Waals surface area contributed by atoms with E-state index in [1.165, 1.54) is 0 Å². The van der Waals surface area contributed by atoms with Gasteiger partial charge in [-0.05, 0) is 6.92 Å². The molecule has 2 aromatic heterocycles. The van der Waals surface area contributed by atoms with Gasteiger partial charge in [0.25, 0.3) is 0 Å². The zero-order valence-corrected chi connectivity index (χ0v) is 9.95. The lowest BCUT2D eigenvalue weighted by atomic mass is 10.4. The molecule has 0 aliphatic rings. The normalized spacial score (nSPS) is 10.7. The van der Waals surface area contributed by atoms with Crippen molar-refractivity contribution in [3.05, 3.63) is 6.33 Å². The van der Waals surface area contributed by atoms with E-state index in [2.05, 4.69) is 30.6 Å². The van der Waals surface area contributed by atoms with E-state index in [-0.39, 0.29) is 0 Å². The second-order valence-electron chi connectivity index (χ2n) is 3.37. The van der Waals surface area contributed by atoms with Gasteiger partial charge in [-0.15, -0.1) is 0 Å². The van der Waals surface area contributed by atoms with Gasteiger partial charge < -0.3 is 20.4 Å². The standard InChI is InChI=1S/C10H16N6O/c1-3-17-5-4-12-8-7-9(14-6-13-7)16-10(11-2)15-8/h6H,3-5H2,1-2H3,(H3,11,12,13,14,15,16). The van der Waals surface area contributed by atoms with Crippen molar-refractivity contribution in [1.29, 1.82) is 0 Å². The molecule has 0 amide bonds. The number of nitrogens with zero attached hydrogens (tertiary/aromatic N) is 3. The molecule has 2 rings (SSSR count). The molecule has 0 fully saturated rings. The molecule has 0 saturated heterocycles. The molecule has 7 heteroatoms. The summed E-state index contributed by atoms with van der Waals surface area (Å²) in [6.45, 7) is 4.02. The zero-order chi connectivity index (χ0) is 12.1. The van der Waals surface area contributed by atoms with Crippen LogP contribution in [-0.2, 0) is 4.74 Å². The number of nitrogens with one attached hydrogen (secondary N) is 3. The number of hydrogen-bond donors (Lipinski definition) is 3. The minimum Gasteiger partial charge on any atom is -0.380 e. The number of ether oxygens (including phenoxy) is 1. The second-order valence-corrected chi connectivity index (χ2v) is 3.37. The monoisotopic (exact) mass is 236 g/mol. The van der Waals surface area contributed by atoms with Gasteiger partial charge in [-0.25, -0.2) is 4.98 Å². The van der Waals surface area contributed by atoms with Crippen molar-refractivity contribution in [1.82, 2.24) is 19.9 Å². The van der Waals surface area contributed by atoms with Crippen molar-refractivity contribution < 1.29 is 4.74 Å². The summed E-state index contributed by atoms with van der Waals surface area (Å²) in [6, 6.07) is 0. The molecule has 7 nitrogen and oxygen atoms in total. The fraction of sp³-hybridized carbons (Fsp3) is 0.500. The molecule has 0 atom stereocenters. The predicted molar refractivity (Wildman–Crippen MR) is 66.2 cm³/mol. The van der Waals surface area contributed by atoms with Crippen LogP contribution in [0.3, 0.4) is 0 Å². The van der Waals surface area contributed by atoms with Crippen LogP contribution < -0.4 is 10.6 Å². The Morgan fingerprint density at radius 3 is 3.06 bits per heavy atom. The summed E-state index contributed by atoms with van der Waals surface area (Å²) in [5, 5.41) is 6.10. The number of anilines is 2. The molecule has 0 spiro atoms. The molecular weight excluding hydrogens is 220 g/mol. The maximum atomic E-state index is 5.26. The van der Waals surface area contributed by atoms with Crippen LogP contribution in [0.15, 0.2) is 6.33 Å². The van der Waals surface area contributed by atoms with E-state index in [0.29, 0.717) is 31.4 Å². The second kappa shape index (κ2) is 5.44. The third-order valence-electron chi connectivity index (χ3n) is 2.25. The average molecular weight is 236 g/mol. The van der Waals surface area contributed by atoms with Crippen molar-refractivity contribution in [2.75, 3.05) is 37.4 Å². The minimum atomic E-state index is 0.545. The van der Waals surface area contributed by atoms with Gasteiger partial charge in [0.2, 0.25) is 5.95 Å². The lowest BCUT2D eigenvalue weighted by Gasteiger charge is -2.07. The van der Waals surface area contributed by atoms with Crippen LogP contribution in [0.1, 0.15) is 6.92 Å². The van der Waals surface area contributed by atoms with Crippen LogP contribution in [0.4, 0.5) is 11.8 Å². The zero-order valence-electron chi connectivity index (χ0n) is 9.95. The molecule has 0 unspecified atom stereocenters. The van der Waals surface area contributed by atoms with Gasteiger partial charge in [0, 0.05) is 20.2 Å². The van der Waals surface area contributed by atoms with Gasteiger partial charge in [0.05, 0.1) is 12.9 Å². The van der Waals surface area contributed by atoms with E-state index in [1.54, 1.807) is 13.4 Å². The molecule has 3 N–H and O–H groups in total. The van der Waals surface area contributed by atoms with Crippen molar-refractivity contribution in [3.8, 4) is 0 Å². The smallest absolute Gasteiger partial charge is 0.226 e. The number of rotatable bonds is 6. The number of H-pyrrole nitrogens is 1. The Balaban J connectivity index is 2.16. The van der Waals surface area contributed by atoms with E-state index in [1.807, 2.05) is 6.92 Å². The van der Waals surface area contributed by atoms with Crippen LogP contribution in [0, 0.1) is 0 Å². The number of aromatic amines is 1. The first-order valence-corrected chi connectivity index (χ1v) is 5.55. The van der Waals surface area contributed by atoms with Crippen molar-refractivity contribution >= 4 is 22.9 Å². The molecule has 0 saturated carbocycles. The first-order valence-electron chi connectivity index (χ1n) is 5.55. The molecule has 0 radical (unpaired) electrons. The number of aromatic nitrogens is 4. The summed E-state index contributed by atoms with van der Waals surface area (Å²) in [5.41, 5.74) is 1.45. The predicted octanol–water partition coefficient (Wildman–Crippen LogP) is 0.843. The highest BCUT2D eigenvalue weighted by atomic mass is 16.5. The summed E-state index contributed by atoms with van der Waals surface area (Å²) in [7, 11) is 1.78. The maximum absolute atomic E-state index is 5.26. The van der Waals surface area contributed by atoms with E-state index in [0.717, 1.165) is 11.3 Å². The highest BCUT2D eigenvalue weighted by Gasteiger charge is 2.08. The summed E-state index contributed by atoms with van der Waals surface area (Å²) < 4.78 is 5.26. The highest BCUT2D eigenvalue weighted by molar-refractivity contribution is 5.83. The van der Waals surface area contributed by atoms with Gasteiger partial charge >= 0.3 is 0 Å². The Bertz CT molecular complexity index is 483. The molecule has 0 aliphatic carbocycles. The Labute approximate surface area is 99.0 Å². The van der Waals surface area contributed by atoms with Crippen LogP contribution in [0.5, 0.6) is 0 Å². The molecule has 0 bridgehead atoms. The van der Waals surface area contributed by atoms with Gasteiger partial charge in [0.15, 0.2) is 11.5 Å². The quantitative estimate of drug-likeness (QED) is 0.644. The lowest BCUT2D eigenvalue weighted by Crippen LogP contribution is -2.11. The molecule has 17 heavy (non-hydrogen) atoms. The van der Waals surface area contributed by atoms with Crippen LogP contribution in [-0.4, -0.2) is 46.7 Å². The summed E-state index contributed by atoms with van der Waals surface area (Å²) in [4.78, 5) is 15.7. The Morgan fingerprint density at radius 2 is 2.29 bits per heavy atom. The third kappa shape index (κ3) is 2.62. The Kier molecular flexibility index (Phi) is 3.71. The summed E-state index contributed by atoms with van der Waals surface area (Å²) in [5.74, 6) is 1.28. The Hall–Kier alpha value is -1.89. The van der Waals surface area contributed by atoms with Crippen LogP contribution >= 0.6 is 0 Å². The number of fused-ring (bicyclic) bond motifs is 1. The fourth-order valence-corrected chi connectivity index (χ4v) is 1.46.